The number of carbonyl (C=O) groups excluding carboxylic acids is 2. The minimum Gasteiger partial charge on any atom is -0.494 e. The molecule has 34 heavy (non-hydrogen) atoms. The Bertz CT molecular complexity index is 1090. The van der Waals surface area contributed by atoms with E-state index < -0.39 is 23.3 Å². The van der Waals surface area contributed by atoms with Crippen molar-refractivity contribution in [2.45, 2.75) is 19.1 Å². The average Bonchev–Trinajstić information content (AvgIpc) is 2.82. The lowest BCUT2D eigenvalue weighted by Gasteiger charge is -2.42. The standard InChI is InChI=1S/C24H25F3N4O3/c1-4-34-19-9-6-16(7-10-19)22(32)31-12-11-30(15-21(31)23(33)29(2)3)18-8-5-17(14-28)20(13-18)24(25,26)27/h5-10,13,21H,4,11-12,15H2,1-3H3. The van der Waals surface area contributed by atoms with Crippen LogP contribution < -0.4 is 9.64 Å². The number of halogens is 3. The number of amides is 2. The molecule has 0 N–H and O–H groups in total. The van der Waals surface area contributed by atoms with E-state index in [-0.39, 0.29) is 37.1 Å². The lowest BCUT2D eigenvalue weighted by atomic mass is 10.0. The van der Waals surface area contributed by atoms with Gasteiger partial charge in [0.25, 0.3) is 5.91 Å². The zero-order chi connectivity index (χ0) is 25.0. The van der Waals surface area contributed by atoms with E-state index >= 15 is 0 Å². The van der Waals surface area contributed by atoms with Crippen LogP contribution in [0, 0.1) is 11.3 Å². The van der Waals surface area contributed by atoms with Gasteiger partial charge in [-0.15, -0.1) is 0 Å². The molecule has 2 aromatic carbocycles. The van der Waals surface area contributed by atoms with Crippen LogP contribution in [-0.4, -0.2) is 68.0 Å². The van der Waals surface area contributed by atoms with Gasteiger partial charge in [0.2, 0.25) is 5.91 Å². The van der Waals surface area contributed by atoms with Crippen LogP contribution in [0.2, 0.25) is 0 Å². The fourth-order valence-corrected chi connectivity index (χ4v) is 3.86. The summed E-state index contributed by atoms with van der Waals surface area (Å²) < 4.78 is 45.7. The Morgan fingerprint density at radius 3 is 2.38 bits per heavy atom. The Hall–Kier alpha value is -3.74. The van der Waals surface area contributed by atoms with Gasteiger partial charge in [0.15, 0.2) is 0 Å². The predicted molar refractivity (Wildman–Crippen MR) is 120 cm³/mol. The van der Waals surface area contributed by atoms with Crippen LogP contribution in [0.4, 0.5) is 18.9 Å². The monoisotopic (exact) mass is 474 g/mol. The molecule has 10 heteroatoms. The van der Waals surface area contributed by atoms with Gasteiger partial charge in [-0.3, -0.25) is 9.59 Å². The highest BCUT2D eigenvalue weighted by atomic mass is 19.4. The highest BCUT2D eigenvalue weighted by Crippen LogP contribution is 2.35. The van der Waals surface area contributed by atoms with Gasteiger partial charge < -0.3 is 19.4 Å². The third kappa shape index (κ3) is 5.25. The Balaban J connectivity index is 1.89. The molecule has 3 rings (SSSR count). The SMILES string of the molecule is CCOc1ccc(C(=O)N2CCN(c3ccc(C#N)c(C(F)(F)F)c3)CC2C(=O)N(C)C)cc1. The van der Waals surface area contributed by atoms with Crippen LogP contribution in [0.25, 0.3) is 0 Å². The predicted octanol–water partition coefficient (Wildman–Crippen LogP) is 3.39. The van der Waals surface area contributed by atoms with Gasteiger partial charge in [-0.05, 0) is 49.4 Å². The Labute approximate surface area is 195 Å². The summed E-state index contributed by atoms with van der Waals surface area (Å²) in [6.07, 6.45) is -4.69. The molecule has 2 amide bonds. The maximum Gasteiger partial charge on any atom is 0.417 e. The van der Waals surface area contributed by atoms with Gasteiger partial charge in [0, 0.05) is 45.0 Å². The first-order chi connectivity index (χ1) is 16.1. The first-order valence-corrected chi connectivity index (χ1v) is 10.7. The van der Waals surface area contributed by atoms with Crippen LogP contribution in [0.3, 0.4) is 0 Å². The minimum atomic E-state index is -4.69. The summed E-state index contributed by atoms with van der Waals surface area (Å²) in [6, 6.07) is 10.7. The van der Waals surface area contributed by atoms with E-state index in [4.69, 9.17) is 10.00 Å². The van der Waals surface area contributed by atoms with Crippen LogP contribution in [0.15, 0.2) is 42.5 Å². The van der Waals surface area contributed by atoms with E-state index in [1.165, 1.54) is 15.9 Å². The highest BCUT2D eigenvalue weighted by molar-refractivity contribution is 5.98. The molecule has 1 heterocycles. The topological polar surface area (TPSA) is 76.9 Å². The number of anilines is 1. The van der Waals surface area contributed by atoms with Crippen molar-refractivity contribution in [2.24, 2.45) is 0 Å². The molecule has 2 aromatic rings. The Morgan fingerprint density at radius 1 is 1.15 bits per heavy atom. The van der Waals surface area contributed by atoms with Crippen molar-refractivity contribution in [3.8, 4) is 11.8 Å². The van der Waals surface area contributed by atoms with Gasteiger partial charge >= 0.3 is 6.18 Å². The molecule has 0 aromatic heterocycles. The molecule has 1 fully saturated rings. The second-order valence-corrected chi connectivity index (χ2v) is 7.99. The van der Waals surface area contributed by atoms with E-state index in [9.17, 15) is 22.8 Å². The zero-order valence-corrected chi connectivity index (χ0v) is 19.1. The smallest absolute Gasteiger partial charge is 0.417 e. The van der Waals surface area contributed by atoms with Crippen LogP contribution in [0.1, 0.15) is 28.4 Å². The van der Waals surface area contributed by atoms with Crippen molar-refractivity contribution in [2.75, 3.05) is 45.2 Å². The van der Waals surface area contributed by atoms with E-state index in [1.54, 1.807) is 49.3 Å². The number of piperazine rings is 1. The van der Waals surface area contributed by atoms with Gasteiger partial charge in [-0.1, -0.05) is 0 Å². The second kappa shape index (κ2) is 10.0. The summed E-state index contributed by atoms with van der Waals surface area (Å²) >= 11 is 0. The molecule has 1 unspecified atom stereocenters. The number of rotatable bonds is 5. The van der Waals surface area contributed by atoms with Crippen molar-refractivity contribution in [1.82, 2.24) is 9.80 Å². The molecule has 0 radical (unpaired) electrons. The maximum atomic E-state index is 13.4. The molecule has 0 spiro atoms. The summed E-state index contributed by atoms with van der Waals surface area (Å²) in [5.41, 5.74) is -0.889. The van der Waals surface area contributed by atoms with Crippen molar-refractivity contribution >= 4 is 17.5 Å². The average molecular weight is 474 g/mol. The van der Waals surface area contributed by atoms with Gasteiger partial charge in [0.05, 0.1) is 23.8 Å². The van der Waals surface area contributed by atoms with Crippen molar-refractivity contribution in [3.63, 3.8) is 0 Å². The van der Waals surface area contributed by atoms with Crippen molar-refractivity contribution < 1.29 is 27.5 Å². The number of benzene rings is 2. The zero-order valence-electron chi connectivity index (χ0n) is 19.1. The molecule has 180 valence electrons. The lowest BCUT2D eigenvalue weighted by molar-refractivity contribution is -0.138. The number of nitrogens with zero attached hydrogens (tertiary/aromatic N) is 4. The van der Waals surface area contributed by atoms with Crippen molar-refractivity contribution in [1.29, 1.82) is 5.26 Å². The fourth-order valence-electron chi connectivity index (χ4n) is 3.86. The van der Waals surface area contributed by atoms with Crippen LogP contribution in [-0.2, 0) is 11.0 Å². The Kier molecular flexibility index (Phi) is 7.35. The van der Waals surface area contributed by atoms with Crippen LogP contribution in [0.5, 0.6) is 5.75 Å². The molecule has 7 nitrogen and oxygen atoms in total. The molecular weight excluding hydrogens is 449 g/mol. The largest absolute Gasteiger partial charge is 0.494 e. The lowest BCUT2D eigenvalue weighted by Crippen LogP contribution is -2.60. The summed E-state index contributed by atoms with van der Waals surface area (Å²) in [5, 5.41) is 9.04. The molecular formula is C24H25F3N4O3. The number of nitriles is 1. The van der Waals surface area contributed by atoms with Gasteiger partial charge in [0.1, 0.15) is 11.8 Å². The molecule has 1 aliphatic rings. The first kappa shape index (κ1) is 24.9. The summed E-state index contributed by atoms with van der Waals surface area (Å²) in [7, 11) is 3.12. The summed E-state index contributed by atoms with van der Waals surface area (Å²) in [4.78, 5) is 30.6. The maximum absolute atomic E-state index is 13.4. The Morgan fingerprint density at radius 2 is 1.82 bits per heavy atom. The molecule has 1 atom stereocenters. The van der Waals surface area contributed by atoms with E-state index in [0.29, 0.717) is 17.9 Å². The third-order valence-electron chi connectivity index (χ3n) is 5.57. The molecule has 0 saturated carbocycles. The third-order valence-corrected chi connectivity index (χ3v) is 5.57. The highest BCUT2D eigenvalue weighted by Gasteiger charge is 2.38. The van der Waals surface area contributed by atoms with Gasteiger partial charge in [-0.2, -0.15) is 18.4 Å². The number of likely N-dealkylation sites (N-methyl/N-ethyl adjacent to an activating group) is 1. The van der Waals surface area contributed by atoms with Crippen molar-refractivity contribution in [3.05, 3.63) is 59.2 Å². The number of carbonyl (C=O) groups is 2. The number of ether oxygens (including phenoxy) is 1. The van der Waals surface area contributed by atoms with E-state index in [0.717, 1.165) is 12.1 Å². The van der Waals surface area contributed by atoms with Gasteiger partial charge in [-0.25, -0.2) is 0 Å². The fraction of sp³-hybridized carbons (Fsp3) is 0.375. The number of hydrogen-bond donors (Lipinski definition) is 0. The second-order valence-electron chi connectivity index (χ2n) is 7.99. The van der Waals surface area contributed by atoms with E-state index in [1.807, 2.05) is 6.92 Å². The minimum absolute atomic E-state index is 0.0168. The first-order valence-electron chi connectivity index (χ1n) is 10.7. The number of alkyl halides is 3. The summed E-state index contributed by atoms with van der Waals surface area (Å²) in [6.45, 7) is 2.71. The summed E-state index contributed by atoms with van der Waals surface area (Å²) in [5.74, 6) is -0.0709. The molecule has 0 aliphatic carbocycles. The molecule has 1 saturated heterocycles. The normalized spacial score (nSPS) is 16.1. The van der Waals surface area contributed by atoms with E-state index in [2.05, 4.69) is 0 Å². The molecule has 0 bridgehead atoms. The number of hydrogen-bond acceptors (Lipinski definition) is 5. The quantitative estimate of drug-likeness (QED) is 0.664. The molecule has 1 aliphatic heterocycles. The van der Waals surface area contributed by atoms with Crippen LogP contribution >= 0.6 is 0 Å².